The normalized spacial score (nSPS) is 17.1. The van der Waals surface area contributed by atoms with Gasteiger partial charge in [-0.3, -0.25) is 0 Å². The van der Waals surface area contributed by atoms with Crippen LogP contribution in [-0.4, -0.2) is 52.6 Å². The second-order valence-corrected chi connectivity index (χ2v) is 7.70. The fraction of sp³-hybridized carbons (Fsp3) is 0.450. The van der Waals surface area contributed by atoms with Crippen molar-refractivity contribution in [2.24, 2.45) is 0 Å². The summed E-state index contributed by atoms with van der Waals surface area (Å²) in [5.41, 5.74) is 3.24. The van der Waals surface area contributed by atoms with Crippen molar-refractivity contribution in [3.63, 3.8) is 0 Å². The van der Waals surface area contributed by atoms with Gasteiger partial charge in [-0.1, -0.05) is 12.1 Å². The lowest BCUT2D eigenvalue weighted by Gasteiger charge is -2.35. The standard InChI is InChI=1S/C20H24FN5O2S/c1-13-19(14(2)26(23-13)16-7-5-4-6-15(16)21)17-12-28-11-9-25(17)20-22-18(24-29-20)8-10-27-3/h4-7,17H,8-12H2,1-3H3. The van der Waals surface area contributed by atoms with E-state index in [0.29, 0.717) is 38.5 Å². The zero-order valence-electron chi connectivity index (χ0n) is 16.8. The number of anilines is 1. The average molecular weight is 418 g/mol. The van der Waals surface area contributed by atoms with Crippen LogP contribution in [0, 0.1) is 19.7 Å². The first kappa shape index (κ1) is 19.9. The number of morpholine rings is 1. The Balaban J connectivity index is 1.69. The zero-order valence-corrected chi connectivity index (χ0v) is 17.6. The van der Waals surface area contributed by atoms with E-state index in [1.165, 1.54) is 17.6 Å². The van der Waals surface area contributed by atoms with Gasteiger partial charge in [0.2, 0.25) is 5.13 Å². The number of rotatable bonds is 6. The molecule has 1 unspecified atom stereocenters. The Morgan fingerprint density at radius 1 is 1.31 bits per heavy atom. The minimum Gasteiger partial charge on any atom is -0.384 e. The van der Waals surface area contributed by atoms with E-state index in [9.17, 15) is 4.39 Å². The molecule has 1 aromatic carbocycles. The molecule has 29 heavy (non-hydrogen) atoms. The van der Waals surface area contributed by atoms with Crippen LogP contribution in [0.4, 0.5) is 9.52 Å². The Morgan fingerprint density at radius 2 is 2.14 bits per heavy atom. The third-order valence-corrected chi connectivity index (χ3v) is 5.91. The van der Waals surface area contributed by atoms with E-state index in [0.717, 1.165) is 27.9 Å². The van der Waals surface area contributed by atoms with Gasteiger partial charge in [0.15, 0.2) is 0 Å². The maximum absolute atomic E-state index is 14.4. The largest absolute Gasteiger partial charge is 0.384 e. The van der Waals surface area contributed by atoms with Gasteiger partial charge >= 0.3 is 0 Å². The second kappa shape index (κ2) is 8.56. The summed E-state index contributed by atoms with van der Waals surface area (Å²) in [7, 11) is 1.67. The number of para-hydroxylation sites is 1. The highest BCUT2D eigenvalue weighted by molar-refractivity contribution is 7.09. The van der Waals surface area contributed by atoms with Gasteiger partial charge in [-0.05, 0) is 26.0 Å². The summed E-state index contributed by atoms with van der Waals surface area (Å²) >= 11 is 1.39. The number of ether oxygens (including phenoxy) is 2. The first-order valence-corrected chi connectivity index (χ1v) is 10.3. The van der Waals surface area contributed by atoms with Crippen LogP contribution in [0.3, 0.4) is 0 Å². The third kappa shape index (κ3) is 3.90. The van der Waals surface area contributed by atoms with Gasteiger partial charge in [-0.25, -0.2) is 14.1 Å². The second-order valence-electron chi connectivity index (χ2n) is 6.97. The number of hydrogen-bond acceptors (Lipinski definition) is 7. The summed E-state index contributed by atoms with van der Waals surface area (Å²) in [6, 6.07) is 6.63. The van der Waals surface area contributed by atoms with Crippen LogP contribution >= 0.6 is 11.5 Å². The Bertz CT molecular complexity index is 989. The summed E-state index contributed by atoms with van der Waals surface area (Å²) in [4.78, 5) is 6.92. The molecule has 1 atom stereocenters. The molecule has 3 heterocycles. The Kier molecular flexibility index (Phi) is 5.89. The molecule has 0 N–H and O–H groups in total. The molecule has 1 fully saturated rings. The van der Waals surface area contributed by atoms with Crippen LogP contribution in [0.2, 0.25) is 0 Å². The smallest absolute Gasteiger partial charge is 0.205 e. The fourth-order valence-electron chi connectivity index (χ4n) is 3.72. The molecular weight excluding hydrogens is 393 g/mol. The molecule has 1 saturated heterocycles. The number of aromatic nitrogens is 4. The van der Waals surface area contributed by atoms with Crippen molar-refractivity contribution < 1.29 is 13.9 Å². The lowest BCUT2D eigenvalue weighted by atomic mass is 10.0. The Morgan fingerprint density at radius 3 is 2.93 bits per heavy atom. The molecule has 0 saturated carbocycles. The number of halogens is 1. The summed E-state index contributed by atoms with van der Waals surface area (Å²) in [5.74, 6) is 0.487. The molecule has 1 aliphatic heterocycles. The molecule has 2 aromatic heterocycles. The molecule has 1 aliphatic rings. The molecule has 4 rings (SSSR count). The average Bonchev–Trinajstić information content (AvgIpc) is 3.31. The quantitative estimate of drug-likeness (QED) is 0.614. The highest BCUT2D eigenvalue weighted by Gasteiger charge is 2.32. The van der Waals surface area contributed by atoms with Crippen molar-refractivity contribution in [2.45, 2.75) is 26.3 Å². The minimum absolute atomic E-state index is 0.0486. The van der Waals surface area contributed by atoms with Gasteiger partial charge in [-0.15, -0.1) is 0 Å². The lowest BCUT2D eigenvalue weighted by Crippen LogP contribution is -2.40. The van der Waals surface area contributed by atoms with Gasteiger partial charge in [0.1, 0.15) is 17.3 Å². The first-order valence-electron chi connectivity index (χ1n) is 9.57. The molecule has 0 spiro atoms. The molecule has 0 amide bonds. The van der Waals surface area contributed by atoms with Crippen LogP contribution in [0.5, 0.6) is 0 Å². The molecule has 0 bridgehead atoms. The summed E-state index contributed by atoms with van der Waals surface area (Å²) in [6.45, 7) is 6.39. The highest BCUT2D eigenvalue weighted by atomic mass is 32.1. The predicted octanol–water partition coefficient (Wildman–Crippen LogP) is 3.25. The maximum Gasteiger partial charge on any atom is 0.205 e. The van der Waals surface area contributed by atoms with E-state index in [4.69, 9.17) is 14.5 Å². The van der Waals surface area contributed by atoms with Gasteiger partial charge in [0.25, 0.3) is 0 Å². The van der Waals surface area contributed by atoms with Crippen LogP contribution in [0.15, 0.2) is 24.3 Å². The summed E-state index contributed by atoms with van der Waals surface area (Å²) in [6.07, 6.45) is 0.686. The van der Waals surface area contributed by atoms with Crippen molar-refractivity contribution >= 4 is 16.7 Å². The van der Waals surface area contributed by atoms with Crippen molar-refractivity contribution in [3.05, 3.63) is 52.9 Å². The monoisotopic (exact) mass is 417 g/mol. The van der Waals surface area contributed by atoms with E-state index < -0.39 is 0 Å². The van der Waals surface area contributed by atoms with Gasteiger partial charge in [0, 0.05) is 42.9 Å². The number of benzene rings is 1. The van der Waals surface area contributed by atoms with E-state index in [2.05, 4.69) is 14.4 Å². The number of methoxy groups -OCH3 is 1. The molecule has 0 aliphatic carbocycles. The maximum atomic E-state index is 14.4. The van der Waals surface area contributed by atoms with E-state index in [1.54, 1.807) is 23.9 Å². The van der Waals surface area contributed by atoms with E-state index >= 15 is 0 Å². The van der Waals surface area contributed by atoms with Crippen LogP contribution in [0.1, 0.15) is 28.8 Å². The molecule has 9 heteroatoms. The summed E-state index contributed by atoms with van der Waals surface area (Å²) < 4.78 is 31.4. The molecular formula is C20H24FN5O2S. The zero-order chi connectivity index (χ0) is 20.4. The topological polar surface area (TPSA) is 65.3 Å². The Labute approximate surface area is 173 Å². The van der Waals surface area contributed by atoms with Crippen LogP contribution < -0.4 is 4.90 Å². The van der Waals surface area contributed by atoms with Crippen molar-refractivity contribution in [3.8, 4) is 5.69 Å². The molecule has 7 nitrogen and oxygen atoms in total. The molecule has 154 valence electrons. The highest BCUT2D eigenvalue weighted by Crippen LogP contribution is 2.35. The number of hydrogen-bond donors (Lipinski definition) is 0. The van der Waals surface area contributed by atoms with Crippen molar-refractivity contribution in [2.75, 3.05) is 38.4 Å². The van der Waals surface area contributed by atoms with Gasteiger partial charge in [-0.2, -0.15) is 9.47 Å². The number of nitrogens with zero attached hydrogens (tertiary/aromatic N) is 5. The third-order valence-electron chi connectivity index (χ3n) is 5.12. The lowest BCUT2D eigenvalue weighted by molar-refractivity contribution is 0.0937. The van der Waals surface area contributed by atoms with Crippen LogP contribution in [0.25, 0.3) is 5.69 Å². The fourth-order valence-corrected chi connectivity index (χ4v) is 4.51. The van der Waals surface area contributed by atoms with Gasteiger partial charge < -0.3 is 14.4 Å². The Hall–Kier alpha value is -2.36. The van der Waals surface area contributed by atoms with Gasteiger partial charge in [0.05, 0.1) is 31.6 Å². The van der Waals surface area contributed by atoms with Crippen LogP contribution in [-0.2, 0) is 15.9 Å². The number of aryl methyl sites for hydroxylation is 1. The molecule has 0 radical (unpaired) electrons. The minimum atomic E-state index is -0.298. The van der Waals surface area contributed by atoms with E-state index in [1.807, 2.05) is 19.9 Å². The van der Waals surface area contributed by atoms with Crippen molar-refractivity contribution in [1.82, 2.24) is 19.1 Å². The summed E-state index contributed by atoms with van der Waals surface area (Å²) in [5, 5.41) is 5.50. The predicted molar refractivity (Wildman–Crippen MR) is 109 cm³/mol. The first-order chi connectivity index (χ1) is 14.1. The van der Waals surface area contributed by atoms with E-state index in [-0.39, 0.29) is 11.9 Å². The molecule has 3 aromatic rings. The SMILES string of the molecule is COCCc1nsc(N2CCOCC2c2c(C)nn(-c3ccccc3F)c2C)n1. The van der Waals surface area contributed by atoms with Crippen molar-refractivity contribution in [1.29, 1.82) is 0 Å².